The zero-order valence-electron chi connectivity index (χ0n) is 11.4. The van der Waals surface area contributed by atoms with Gasteiger partial charge < -0.3 is 15.3 Å². The van der Waals surface area contributed by atoms with Gasteiger partial charge in [-0.1, -0.05) is 19.1 Å². The van der Waals surface area contributed by atoms with E-state index in [0.29, 0.717) is 11.6 Å². The first-order valence-corrected chi connectivity index (χ1v) is 7.03. The van der Waals surface area contributed by atoms with Gasteiger partial charge in [-0.15, -0.1) is 0 Å². The fourth-order valence-corrected chi connectivity index (χ4v) is 2.46. The number of hydrogen-bond acceptors (Lipinski definition) is 3. The Bertz CT molecular complexity index is 426. The molecule has 0 saturated carbocycles. The van der Waals surface area contributed by atoms with E-state index >= 15 is 0 Å². The largest absolute Gasteiger partial charge is 0.507 e. The van der Waals surface area contributed by atoms with Crippen molar-refractivity contribution in [2.75, 3.05) is 19.6 Å². The maximum Gasteiger partial charge on any atom is 0.257 e. The number of aromatic hydroxyl groups is 1. The van der Waals surface area contributed by atoms with Crippen molar-refractivity contribution in [3.8, 4) is 5.75 Å². The average Bonchev–Trinajstić information content (AvgIpc) is 2.45. The summed E-state index contributed by atoms with van der Waals surface area (Å²) in [6, 6.07) is 7.27. The highest BCUT2D eigenvalue weighted by Gasteiger charge is 2.24. The van der Waals surface area contributed by atoms with E-state index in [1.54, 1.807) is 24.3 Å². The number of rotatable bonds is 4. The van der Waals surface area contributed by atoms with E-state index in [1.807, 2.05) is 4.90 Å². The molecule has 104 valence electrons. The van der Waals surface area contributed by atoms with Crippen LogP contribution in [0.15, 0.2) is 24.3 Å². The molecule has 1 fully saturated rings. The van der Waals surface area contributed by atoms with Gasteiger partial charge in [0.05, 0.1) is 5.56 Å². The second-order valence-corrected chi connectivity index (χ2v) is 5.04. The van der Waals surface area contributed by atoms with Crippen molar-refractivity contribution >= 4 is 5.91 Å². The highest BCUT2D eigenvalue weighted by molar-refractivity contribution is 5.96. The van der Waals surface area contributed by atoms with Crippen LogP contribution in [0.3, 0.4) is 0 Å². The summed E-state index contributed by atoms with van der Waals surface area (Å²) >= 11 is 0. The molecule has 0 atom stereocenters. The number of benzene rings is 1. The van der Waals surface area contributed by atoms with Crippen LogP contribution in [-0.4, -0.2) is 41.6 Å². The quantitative estimate of drug-likeness (QED) is 0.872. The molecule has 1 aliphatic rings. The number of carbonyl (C=O) groups excluding carboxylic acids is 1. The van der Waals surface area contributed by atoms with E-state index in [1.165, 1.54) is 0 Å². The fourth-order valence-electron chi connectivity index (χ4n) is 2.46. The van der Waals surface area contributed by atoms with Gasteiger partial charge >= 0.3 is 0 Å². The number of hydrogen-bond donors (Lipinski definition) is 2. The third-order valence-electron chi connectivity index (χ3n) is 3.60. The monoisotopic (exact) mass is 262 g/mol. The maximum absolute atomic E-state index is 12.3. The number of likely N-dealkylation sites (tertiary alicyclic amines) is 1. The third-order valence-corrected chi connectivity index (χ3v) is 3.60. The van der Waals surface area contributed by atoms with Crippen molar-refractivity contribution in [1.82, 2.24) is 10.2 Å². The zero-order valence-corrected chi connectivity index (χ0v) is 11.4. The number of phenolic OH excluding ortho intramolecular Hbond substituents is 1. The molecule has 0 aliphatic carbocycles. The number of para-hydroxylation sites is 1. The maximum atomic E-state index is 12.3. The Labute approximate surface area is 114 Å². The number of phenols is 1. The van der Waals surface area contributed by atoms with Gasteiger partial charge in [-0.25, -0.2) is 0 Å². The molecular formula is C15H22N2O2. The summed E-state index contributed by atoms with van der Waals surface area (Å²) in [7, 11) is 0. The minimum Gasteiger partial charge on any atom is -0.507 e. The Morgan fingerprint density at radius 1 is 1.37 bits per heavy atom. The van der Waals surface area contributed by atoms with Crippen LogP contribution in [0, 0.1) is 0 Å². The van der Waals surface area contributed by atoms with Crippen LogP contribution in [-0.2, 0) is 0 Å². The van der Waals surface area contributed by atoms with Crippen molar-refractivity contribution in [2.45, 2.75) is 32.2 Å². The molecule has 0 aromatic heterocycles. The first-order valence-electron chi connectivity index (χ1n) is 7.03. The first kappa shape index (κ1) is 13.9. The van der Waals surface area contributed by atoms with Crippen molar-refractivity contribution < 1.29 is 9.90 Å². The highest BCUT2D eigenvalue weighted by Crippen LogP contribution is 2.20. The van der Waals surface area contributed by atoms with E-state index in [0.717, 1.165) is 38.9 Å². The molecule has 4 nitrogen and oxygen atoms in total. The topological polar surface area (TPSA) is 52.6 Å². The Kier molecular flexibility index (Phi) is 4.80. The smallest absolute Gasteiger partial charge is 0.257 e. The average molecular weight is 262 g/mol. The molecule has 19 heavy (non-hydrogen) atoms. The SMILES string of the molecule is CCCNC1CCN(C(=O)c2ccccc2O)CC1. The molecule has 2 rings (SSSR count). The van der Waals surface area contributed by atoms with E-state index in [2.05, 4.69) is 12.2 Å². The lowest BCUT2D eigenvalue weighted by molar-refractivity contribution is 0.0702. The predicted molar refractivity (Wildman–Crippen MR) is 75.3 cm³/mol. The zero-order chi connectivity index (χ0) is 13.7. The van der Waals surface area contributed by atoms with Crippen LogP contribution in [0.4, 0.5) is 0 Å². The van der Waals surface area contributed by atoms with Gasteiger partial charge in [0.15, 0.2) is 0 Å². The van der Waals surface area contributed by atoms with Crippen LogP contribution in [0.1, 0.15) is 36.5 Å². The number of piperidine rings is 1. The molecule has 4 heteroatoms. The molecule has 0 unspecified atom stereocenters. The number of nitrogens with one attached hydrogen (secondary N) is 1. The Morgan fingerprint density at radius 2 is 2.05 bits per heavy atom. The van der Waals surface area contributed by atoms with Crippen LogP contribution >= 0.6 is 0 Å². The van der Waals surface area contributed by atoms with Crippen molar-refractivity contribution in [1.29, 1.82) is 0 Å². The first-order chi connectivity index (χ1) is 9.22. The highest BCUT2D eigenvalue weighted by atomic mass is 16.3. The summed E-state index contributed by atoms with van der Waals surface area (Å²) in [5.74, 6) is 0.00535. The van der Waals surface area contributed by atoms with E-state index in [9.17, 15) is 9.90 Å². The van der Waals surface area contributed by atoms with E-state index in [-0.39, 0.29) is 11.7 Å². The van der Waals surface area contributed by atoms with E-state index < -0.39 is 0 Å². The Hall–Kier alpha value is -1.55. The molecule has 1 aliphatic heterocycles. The van der Waals surface area contributed by atoms with Crippen LogP contribution in [0.2, 0.25) is 0 Å². The van der Waals surface area contributed by atoms with Gasteiger partial charge in [0.1, 0.15) is 5.75 Å². The molecule has 0 radical (unpaired) electrons. The van der Waals surface area contributed by atoms with Gasteiger partial charge in [0.25, 0.3) is 5.91 Å². The summed E-state index contributed by atoms with van der Waals surface area (Å²) in [6.45, 7) is 4.71. The van der Waals surface area contributed by atoms with Crippen LogP contribution < -0.4 is 5.32 Å². The lowest BCUT2D eigenvalue weighted by Crippen LogP contribution is -2.45. The van der Waals surface area contributed by atoms with Crippen LogP contribution in [0.5, 0.6) is 5.75 Å². The second-order valence-electron chi connectivity index (χ2n) is 5.04. The Morgan fingerprint density at radius 3 is 2.68 bits per heavy atom. The summed E-state index contributed by atoms with van der Waals surface area (Å²) in [6.07, 6.45) is 3.11. The molecule has 1 aromatic rings. The van der Waals surface area contributed by atoms with Crippen LogP contribution in [0.25, 0.3) is 0 Å². The van der Waals surface area contributed by atoms with Gasteiger partial charge in [-0.05, 0) is 37.9 Å². The minimum absolute atomic E-state index is 0.0629. The van der Waals surface area contributed by atoms with Gasteiger partial charge in [0, 0.05) is 19.1 Å². The molecule has 1 aromatic carbocycles. The molecular weight excluding hydrogens is 240 g/mol. The molecule has 1 saturated heterocycles. The van der Waals surface area contributed by atoms with E-state index in [4.69, 9.17) is 0 Å². The van der Waals surface area contributed by atoms with Gasteiger partial charge in [-0.2, -0.15) is 0 Å². The summed E-state index contributed by atoms with van der Waals surface area (Å²) in [4.78, 5) is 14.1. The number of nitrogens with zero attached hydrogens (tertiary/aromatic N) is 1. The predicted octanol–water partition coefficient (Wildman–Crippen LogP) is 2.00. The van der Waals surface area contributed by atoms with Gasteiger partial charge in [-0.3, -0.25) is 4.79 Å². The van der Waals surface area contributed by atoms with Crippen molar-refractivity contribution in [3.63, 3.8) is 0 Å². The minimum atomic E-state index is -0.0629. The molecule has 0 bridgehead atoms. The standard InChI is InChI=1S/C15H22N2O2/c1-2-9-16-12-7-10-17(11-8-12)15(19)13-5-3-4-6-14(13)18/h3-6,12,16,18H,2,7-11H2,1H3. The molecule has 2 N–H and O–H groups in total. The summed E-state index contributed by atoms with van der Waals surface area (Å²) in [5.41, 5.74) is 0.405. The number of carbonyl (C=O) groups is 1. The molecule has 1 amide bonds. The van der Waals surface area contributed by atoms with Gasteiger partial charge in [0.2, 0.25) is 0 Å². The molecule has 0 spiro atoms. The summed E-state index contributed by atoms with van der Waals surface area (Å²) < 4.78 is 0. The number of amides is 1. The lowest BCUT2D eigenvalue weighted by atomic mass is 10.0. The fraction of sp³-hybridized carbons (Fsp3) is 0.533. The second kappa shape index (κ2) is 6.57. The molecule has 1 heterocycles. The lowest BCUT2D eigenvalue weighted by Gasteiger charge is -2.32. The van der Waals surface area contributed by atoms with Crippen molar-refractivity contribution in [3.05, 3.63) is 29.8 Å². The summed E-state index contributed by atoms with van der Waals surface area (Å²) in [5, 5.41) is 13.2. The third kappa shape index (κ3) is 3.47. The van der Waals surface area contributed by atoms with Crippen molar-refractivity contribution in [2.24, 2.45) is 0 Å². The Balaban J connectivity index is 1.91. The normalized spacial score (nSPS) is 16.6.